The van der Waals surface area contributed by atoms with Crippen molar-refractivity contribution >= 4 is 40.0 Å². The van der Waals surface area contributed by atoms with Crippen molar-refractivity contribution in [3.05, 3.63) is 102 Å². The number of para-hydroxylation sites is 1. The molecule has 2 atom stereocenters. The first-order chi connectivity index (χ1) is 26.4. The SMILES string of the molecule is Cn1nc(C2CCC(=O)NC2=O)c2cccc(CCCN3CCN(c4cccc(-c5cnc6ccc(N7CCC[C@@H]7c7cccc(F)c7)nn56)n4)CC3)c21. The highest BCUT2D eigenvalue weighted by atomic mass is 19.1. The van der Waals surface area contributed by atoms with Crippen molar-refractivity contribution in [2.45, 2.75) is 50.5 Å². The third kappa shape index (κ3) is 6.46. The van der Waals surface area contributed by atoms with Gasteiger partial charge in [-0.05, 0) is 86.2 Å². The number of piperidine rings is 1. The molecule has 0 saturated carbocycles. The maximum atomic E-state index is 14.1. The smallest absolute Gasteiger partial charge is 0.235 e. The second-order valence-electron chi connectivity index (χ2n) is 14.7. The molecule has 3 aliphatic heterocycles. The Balaban J connectivity index is 0.842. The van der Waals surface area contributed by atoms with E-state index in [1.165, 1.54) is 11.6 Å². The van der Waals surface area contributed by atoms with E-state index < -0.39 is 5.92 Å². The molecule has 3 saturated heterocycles. The van der Waals surface area contributed by atoms with Gasteiger partial charge in [0.05, 0.1) is 35.1 Å². The van der Waals surface area contributed by atoms with Gasteiger partial charge in [-0.15, -0.1) is 5.10 Å². The van der Waals surface area contributed by atoms with Gasteiger partial charge in [-0.1, -0.05) is 36.4 Å². The highest BCUT2D eigenvalue weighted by Gasteiger charge is 2.32. The van der Waals surface area contributed by atoms with Crippen molar-refractivity contribution in [3.8, 4) is 11.4 Å². The molecule has 4 aromatic heterocycles. The minimum Gasteiger partial charge on any atom is -0.354 e. The summed E-state index contributed by atoms with van der Waals surface area (Å²) in [5, 5.41) is 13.3. The summed E-state index contributed by atoms with van der Waals surface area (Å²) in [6, 6.07) is 23.4. The number of carbonyl (C=O) groups excluding carboxylic acids is 2. The maximum Gasteiger partial charge on any atom is 0.235 e. The van der Waals surface area contributed by atoms with Crippen molar-refractivity contribution in [1.29, 1.82) is 0 Å². The molecule has 1 unspecified atom stereocenters. The lowest BCUT2D eigenvalue weighted by Crippen LogP contribution is -2.47. The Morgan fingerprint density at radius 2 is 1.74 bits per heavy atom. The van der Waals surface area contributed by atoms with Crippen LogP contribution in [-0.4, -0.2) is 85.3 Å². The number of anilines is 2. The Morgan fingerprint density at radius 3 is 2.59 bits per heavy atom. The number of carbonyl (C=O) groups is 2. The molecule has 7 heterocycles. The monoisotopic (exact) mass is 726 g/mol. The second-order valence-corrected chi connectivity index (χ2v) is 14.7. The number of nitrogens with zero attached hydrogens (tertiary/aromatic N) is 9. The Bertz CT molecular complexity index is 2360. The van der Waals surface area contributed by atoms with E-state index in [9.17, 15) is 14.0 Å². The lowest BCUT2D eigenvalue weighted by Gasteiger charge is -2.35. The number of aromatic nitrogens is 6. The highest BCUT2D eigenvalue weighted by molar-refractivity contribution is 6.02. The summed E-state index contributed by atoms with van der Waals surface area (Å²) in [6.07, 6.45) is 6.56. The molecule has 0 radical (unpaired) electrons. The zero-order chi connectivity index (χ0) is 36.8. The summed E-state index contributed by atoms with van der Waals surface area (Å²) in [5.74, 6) is 0.697. The molecule has 12 nitrogen and oxygen atoms in total. The average Bonchev–Trinajstić information content (AvgIpc) is 3.93. The number of nitrogens with one attached hydrogen (secondary N) is 1. The molecular formula is C41H43FN10O2. The van der Waals surface area contributed by atoms with Gasteiger partial charge in [0.15, 0.2) is 5.65 Å². The van der Waals surface area contributed by atoms with Gasteiger partial charge in [-0.25, -0.2) is 18.9 Å². The van der Waals surface area contributed by atoms with E-state index in [2.05, 4.69) is 49.3 Å². The first-order valence-corrected chi connectivity index (χ1v) is 19.0. The van der Waals surface area contributed by atoms with Gasteiger partial charge >= 0.3 is 0 Å². The van der Waals surface area contributed by atoms with E-state index in [1.54, 1.807) is 12.1 Å². The average molecular weight is 727 g/mol. The first-order valence-electron chi connectivity index (χ1n) is 19.0. The number of imide groups is 1. The standard InChI is InChI=1S/C41H43FN10O2/c1-48-40-27(7-3-11-30(40)39(47-48)31-15-18-38(53)45-41(31)54)9-5-19-49-21-23-50(24-22-49)36-14-4-12-32(44-36)34-26-43-35-16-17-37(46-52(34)35)51-20-6-13-33(51)28-8-2-10-29(42)25-28/h2-4,7-8,10-12,14,16-17,25-26,31,33H,5-6,9,13,15,18-24H2,1H3,(H,45,53,54)/t31?,33-/m1/s1. The molecule has 0 bridgehead atoms. The lowest BCUT2D eigenvalue weighted by atomic mass is 9.92. The normalized spacial score (nSPS) is 19.7. The first kappa shape index (κ1) is 34.1. The van der Waals surface area contributed by atoms with Crippen LogP contribution in [0.1, 0.15) is 60.9 Å². The number of hydrogen-bond donors (Lipinski definition) is 1. The van der Waals surface area contributed by atoms with E-state index in [0.29, 0.717) is 12.8 Å². The van der Waals surface area contributed by atoms with Crippen LogP contribution in [0.5, 0.6) is 0 Å². The minimum atomic E-state index is -0.403. The van der Waals surface area contributed by atoms with Gasteiger partial charge in [0.2, 0.25) is 11.8 Å². The van der Waals surface area contributed by atoms with Gasteiger partial charge in [0.1, 0.15) is 23.1 Å². The summed E-state index contributed by atoms with van der Waals surface area (Å²) in [7, 11) is 1.94. The third-order valence-corrected chi connectivity index (χ3v) is 11.3. The molecule has 276 valence electrons. The van der Waals surface area contributed by atoms with Crippen molar-refractivity contribution in [1.82, 2.24) is 39.6 Å². The van der Waals surface area contributed by atoms with Crippen LogP contribution in [0.4, 0.5) is 16.0 Å². The van der Waals surface area contributed by atoms with Gasteiger partial charge < -0.3 is 9.80 Å². The fraction of sp³-hybridized carbons (Fsp3) is 0.366. The van der Waals surface area contributed by atoms with E-state index >= 15 is 0 Å². The van der Waals surface area contributed by atoms with Crippen LogP contribution in [0.25, 0.3) is 27.9 Å². The number of rotatable bonds is 9. The molecule has 9 rings (SSSR count). The van der Waals surface area contributed by atoms with Gasteiger partial charge in [-0.2, -0.15) is 5.10 Å². The maximum absolute atomic E-state index is 14.1. The molecule has 3 fully saturated rings. The van der Waals surface area contributed by atoms with Crippen LogP contribution in [0.15, 0.2) is 79.0 Å². The zero-order valence-electron chi connectivity index (χ0n) is 30.4. The third-order valence-electron chi connectivity index (χ3n) is 11.3. The Kier molecular flexibility index (Phi) is 9.01. The number of imidazole rings is 1. The lowest BCUT2D eigenvalue weighted by molar-refractivity contribution is -0.134. The van der Waals surface area contributed by atoms with Gasteiger partial charge in [0, 0.05) is 51.6 Å². The summed E-state index contributed by atoms with van der Waals surface area (Å²) in [5.41, 5.74) is 6.43. The predicted octanol–water partition coefficient (Wildman–Crippen LogP) is 5.43. The topological polar surface area (TPSA) is 117 Å². The van der Waals surface area contributed by atoms with E-state index in [0.717, 1.165) is 116 Å². The fourth-order valence-corrected chi connectivity index (χ4v) is 8.59. The van der Waals surface area contributed by atoms with Crippen LogP contribution in [0.2, 0.25) is 0 Å². The van der Waals surface area contributed by atoms with Crippen LogP contribution < -0.4 is 15.1 Å². The molecule has 0 aliphatic carbocycles. The Hall–Kier alpha value is -5.69. The molecule has 6 aromatic rings. The predicted molar refractivity (Wildman–Crippen MR) is 205 cm³/mol. The molecule has 0 spiro atoms. The number of benzene rings is 2. The van der Waals surface area contributed by atoms with Gasteiger partial charge in [0.25, 0.3) is 0 Å². The number of hydrogen-bond acceptors (Lipinski definition) is 9. The highest BCUT2D eigenvalue weighted by Crippen LogP contribution is 2.36. The van der Waals surface area contributed by atoms with Crippen LogP contribution in [0.3, 0.4) is 0 Å². The summed E-state index contributed by atoms with van der Waals surface area (Å²) < 4.78 is 17.9. The molecule has 13 heteroatoms. The summed E-state index contributed by atoms with van der Waals surface area (Å²) in [6.45, 7) is 5.51. The summed E-state index contributed by atoms with van der Waals surface area (Å²) >= 11 is 0. The van der Waals surface area contributed by atoms with Crippen LogP contribution in [0, 0.1) is 5.82 Å². The molecule has 2 aromatic carbocycles. The molecule has 54 heavy (non-hydrogen) atoms. The van der Waals surface area contributed by atoms with Crippen LogP contribution in [-0.2, 0) is 23.1 Å². The molecule has 2 amide bonds. The van der Waals surface area contributed by atoms with E-state index in [4.69, 9.17) is 15.2 Å². The zero-order valence-corrected chi connectivity index (χ0v) is 30.4. The van der Waals surface area contributed by atoms with E-state index in [1.807, 2.05) is 52.8 Å². The largest absolute Gasteiger partial charge is 0.354 e. The number of aryl methyl sites for hydroxylation is 2. The fourth-order valence-electron chi connectivity index (χ4n) is 8.59. The number of amides is 2. The minimum absolute atomic E-state index is 0.0770. The second kappa shape index (κ2) is 14.3. The molecular weight excluding hydrogens is 684 g/mol. The molecule has 1 N–H and O–H groups in total. The Morgan fingerprint density at radius 1 is 0.889 bits per heavy atom. The quantitative estimate of drug-likeness (QED) is 0.195. The number of pyridine rings is 1. The van der Waals surface area contributed by atoms with Crippen molar-refractivity contribution in [2.24, 2.45) is 7.05 Å². The van der Waals surface area contributed by atoms with Gasteiger partial charge in [-0.3, -0.25) is 24.5 Å². The number of fused-ring (bicyclic) bond motifs is 2. The van der Waals surface area contributed by atoms with Crippen molar-refractivity contribution < 1.29 is 14.0 Å². The van der Waals surface area contributed by atoms with E-state index in [-0.39, 0.29) is 23.7 Å². The molecule has 3 aliphatic rings. The number of halogens is 1. The van der Waals surface area contributed by atoms with Crippen LogP contribution >= 0.6 is 0 Å². The van der Waals surface area contributed by atoms with Crippen molar-refractivity contribution in [2.75, 3.05) is 49.1 Å². The van der Waals surface area contributed by atoms with Crippen molar-refractivity contribution in [3.63, 3.8) is 0 Å². The summed E-state index contributed by atoms with van der Waals surface area (Å²) in [4.78, 5) is 41.2. The number of piperazine rings is 1. The Labute approximate surface area is 312 Å².